The monoisotopic (exact) mass is 525 g/mol. The first kappa shape index (κ1) is 28.5. The molecular weight excluding hydrogens is 485 g/mol. The molecule has 0 spiro atoms. The third-order valence-electron chi connectivity index (χ3n) is 7.39. The van der Waals surface area contributed by atoms with Crippen LogP contribution in [0.15, 0.2) is 29.2 Å². The number of primary amides is 1. The number of aliphatic hydroxyl groups is 1. The molecule has 2 saturated carbocycles. The fourth-order valence-corrected chi connectivity index (χ4v) is 6.46. The van der Waals surface area contributed by atoms with Crippen molar-refractivity contribution in [1.29, 1.82) is 0 Å². The molecule has 0 heterocycles. The Labute approximate surface area is 213 Å². The van der Waals surface area contributed by atoms with Gasteiger partial charge in [0.1, 0.15) is 5.82 Å². The van der Waals surface area contributed by atoms with Crippen molar-refractivity contribution < 1.29 is 27.5 Å². The van der Waals surface area contributed by atoms with Crippen LogP contribution in [0.4, 0.5) is 4.39 Å². The molecule has 0 aliphatic heterocycles. The molecule has 4 atom stereocenters. The lowest BCUT2D eigenvalue weighted by atomic mass is 9.83. The fraction of sp³-hybridized carbons (Fsp3) is 0.692. The van der Waals surface area contributed by atoms with Crippen molar-refractivity contribution in [3.8, 4) is 0 Å². The van der Waals surface area contributed by atoms with E-state index in [-0.39, 0.29) is 29.8 Å². The number of nitrogens with zero attached hydrogens (tertiary/aromatic N) is 1. The van der Waals surface area contributed by atoms with Crippen LogP contribution in [-0.2, 0) is 19.6 Å². The Morgan fingerprint density at radius 1 is 1.14 bits per heavy atom. The summed E-state index contributed by atoms with van der Waals surface area (Å²) in [6.45, 7) is 3.95. The highest BCUT2D eigenvalue weighted by atomic mass is 32.2. The van der Waals surface area contributed by atoms with Crippen molar-refractivity contribution >= 4 is 21.8 Å². The standard InChI is InChI=1S/C26H40FN3O5S/c1-17(2)12-13-30(36(34,35)20-10-8-19(27)9-11-20)16-24(31)23(14-18-6-4-3-5-7-18)29-26(33)22-15-21(22)25(28)32/h8-11,17-18,21-24,31H,3-7,12-16H2,1-2H3,(H2,28,32)(H,29,33)/t21?,22?,23-,24+/m0/s1. The lowest BCUT2D eigenvalue weighted by Gasteiger charge is -2.33. The molecule has 0 bridgehead atoms. The van der Waals surface area contributed by atoms with Gasteiger partial charge >= 0.3 is 0 Å². The molecule has 8 nitrogen and oxygen atoms in total. The van der Waals surface area contributed by atoms with Crippen LogP contribution in [0.2, 0.25) is 0 Å². The van der Waals surface area contributed by atoms with Crippen LogP contribution < -0.4 is 11.1 Å². The van der Waals surface area contributed by atoms with E-state index < -0.39 is 45.7 Å². The van der Waals surface area contributed by atoms with E-state index in [4.69, 9.17) is 5.73 Å². The van der Waals surface area contributed by atoms with Crippen molar-refractivity contribution in [1.82, 2.24) is 9.62 Å². The molecule has 2 aliphatic rings. The number of carbonyl (C=O) groups is 2. The van der Waals surface area contributed by atoms with Gasteiger partial charge in [0.25, 0.3) is 0 Å². The summed E-state index contributed by atoms with van der Waals surface area (Å²) >= 11 is 0. The van der Waals surface area contributed by atoms with Crippen LogP contribution in [0, 0.1) is 29.5 Å². The fourth-order valence-electron chi connectivity index (χ4n) is 4.99. The van der Waals surface area contributed by atoms with E-state index in [9.17, 15) is 27.5 Å². The minimum absolute atomic E-state index is 0.0463. The van der Waals surface area contributed by atoms with Crippen LogP contribution in [0.3, 0.4) is 0 Å². The lowest BCUT2D eigenvalue weighted by Crippen LogP contribution is -2.51. The SMILES string of the molecule is CC(C)CCN(C[C@@H](O)[C@H](CC1CCCCC1)NC(=O)C1CC1C(N)=O)S(=O)(=O)c1ccc(F)cc1. The van der Waals surface area contributed by atoms with Gasteiger partial charge in [-0.25, -0.2) is 12.8 Å². The van der Waals surface area contributed by atoms with E-state index in [1.807, 2.05) is 13.8 Å². The summed E-state index contributed by atoms with van der Waals surface area (Å²) in [6.07, 6.45) is 5.70. The van der Waals surface area contributed by atoms with Gasteiger partial charge in [0.15, 0.2) is 0 Å². The number of hydrogen-bond acceptors (Lipinski definition) is 5. The zero-order valence-electron chi connectivity index (χ0n) is 21.2. The Morgan fingerprint density at radius 3 is 2.33 bits per heavy atom. The molecular formula is C26H40FN3O5S. The van der Waals surface area contributed by atoms with Crippen LogP contribution in [-0.4, -0.2) is 54.9 Å². The van der Waals surface area contributed by atoms with E-state index in [1.165, 1.54) is 16.4 Å². The van der Waals surface area contributed by atoms with Crippen LogP contribution >= 0.6 is 0 Å². The molecule has 36 heavy (non-hydrogen) atoms. The number of halogens is 1. The molecule has 10 heteroatoms. The van der Waals surface area contributed by atoms with E-state index in [1.54, 1.807) is 0 Å². The second-order valence-electron chi connectivity index (χ2n) is 10.8. The molecule has 202 valence electrons. The van der Waals surface area contributed by atoms with Crippen LogP contribution in [0.5, 0.6) is 0 Å². The number of amides is 2. The molecule has 4 N–H and O–H groups in total. The van der Waals surface area contributed by atoms with Gasteiger partial charge in [0.05, 0.1) is 28.9 Å². The zero-order chi connectivity index (χ0) is 26.5. The molecule has 2 unspecified atom stereocenters. The third kappa shape index (κ3) is 7.73. The van der Waals surface area contributed by atoms with Gasteiger partial charge in [-0.05, 0) is 55.4 Å². The second kappa shape index (κ2) is 12.5. The number of nitrogens with two attached hydrogens (primary N) is 1. The Hall–Kier alpha value is -2.04. The Bertz CT molecular complexity index is 995. The van der Waals surface area contributed by atoms with Gasteiger partial charge in [0, 0.05) is 13.1 Å². The molecule has 1 aromatic rings. The highest BCUT2D eigenvalue weighted by Crippen LogP contribution is 2.38. The summed E-state index contributed by atoms with van der Waals surface area (Å²) in [5.41, 5.74) is 5.34. The summed E-state index contributed by atoms with van der Waals surface area (Å²) in [7, 11) is -3.99. The summed E-state index contributed by atoms with van der Waals surface area (Å²) < 4.78 is 41.5. The number of nitrogens with one attached hydrogen (secondary N) is 1. The van der Waals surface area contributed by atoms with Crippen molar-refractivity contribution in [3.63, 3.8) is 0 Å². The normalized spacial score (nSPS) is 22.4. The first-order chi connectivity index (χ1) is 17.0. The van der Waals surface area contributed by atoms with E-state index in [0.29, 0.717) is 25.2 Å². The van der Waals surface area contributed by atoms with Crippen LogP contribution in [0.25, 0.3) is 0 Å². The minimum Gasteiger partial charge on any atom is -0.390 e. The van der Waals surface area contributed by atoms with Gasteiger partial charge in [-0.2, -0.15) is 4.31 Å². The highest BCUT2D eigenvalue weighted by Gasteiger charge is 2.48. The second-order valence-corrected chi connectivity index (χ2v) is 12.7. The van der Waals surface area contributed by atoms with Crippen LogP contribution in [0.1, 0.15) is 65.2 Å². The topological polar surface area (TPSA) is 130 Å². The highest BCUT2D eigenvalue weighted by molar-refractivity contribution is 7.89. The maximum Gasteiger partial charge on any atom is 0.243 e. The van der Waals surface area contributed by atoms with Gasteiger partial charge in [-0.15, -0.1) is 0 Å². The first-order valence-corrected chi connectivity index (χ1v) is 14.5. The van der Waals surface area contributed by atoms with Crippen molar-refractivity contribution in [2.75, 3.05) is 13.1 Å². The number of sulfonamides is 1. The number of carbonyl (C=O) groups excluding carboxylic acids is 2. The summed E-state index contributed by atoms with van der Waals surface area (Å²) in [4.78, 5) is 24.2. The molecule has 0 saturated heterocycles. The maximum absolute atomic E-state index is 13.4. The quantitative estimate of drug-likeness (QED) is 0.365. The van der Waals surface area contributed by atoms with Gasteiger partial charge in [-0.3, -0.25) is 9.59 Å². The van der Waals surface area contributed by atoms with Gasteiger partial charge < -0.3 is 16.2 Å². The first-order valence-electron chi connectivity index (χ1n) is 13.0. The average Bonchev–Trinajstić information content (AvgIpc) is 3.63. The number of aliphatic hydroxyl groups excluding tert-OH is 1. The largest absolute Gasteiger partial charge is 0.390 e. The molecule has 1 aromatic carbocycles. The molecule has 3 rings (SSSR count). The predicted octanol–water partition coefficient (Wildman–Crippen LogP) is 2.80. The van der Waals surface area contributed by atoms with Crippen molar-refractivity contribution in [3.05, 3.63) is 30.1 Å². The summed E-state index contributed by atoms with van der Waals surface area (Å²) in [6, 6.07) is 3.98. The molecule has 0 aromatic heterocycles. The zero-order valence-corrected chi connectivity index (χ0v) is 22.1. The Kier molecular flexibility index (Phi) is 9.88. The summed E-state index contributed by atoms with van der Waals surface area (Å²) in [5.74, 6) is -1.80. The molecule has 2 amide bonds. The van der Waals surface area contributed by atoms with Gasteiger partial charge in [-0.1, -0.05) is 46.0 Å². The molecule has 2 fully saturated rings. The summed E-state index contributed by atoms with van der Waals surface area (Å²) in [5, 5.41) is 14.2. The van der Waals surface area contributed by atoms with E-state index >= 15 is 0 Å². The average molecular weight is 526 g/mol. The van der Waals surface area contributed by atoms with E-state index in [2.05, 4.69) is 5.32 Å². The number of benzene rings is 1. The predicted molar refractivity (Wildman–Crippen MR) is 135 cm³/mol. The Balaban J connectivity index is 1.78. The molecule has 0 radical (unpaired) electrons. The van der Waals surface area contributed by atoms with Gasteiger partial charge in [0.2, 0.25) is 21.8 Å². The number of hydrogen-bond donors (Lipinski definition) is 3. The lowest BCUT2D eigenvalue weighted by molar-refractivity contribution is -0.127. The van der Waals surface area contributed by atoms with Crippen molar-refractivity contribution in [2.45, 2.75) is 82.3 Å². The smallest absolute Gasteiger partial charge is 0.243 e. The third-order valence-corrected chi connectivity index (χ3v) is 9.27. The minimum atomic E-state index is -3.99. The Morgan fingerprint density at radius 2 is 1.78 bits per heavy atom. The van der Waals surface area contributed by atoms with E-state index in [0.717, 1.165) is 44.2 Å². The van der Waals surface area contributed by atoms with Crippen molar-refractivity contribution in [2.24, 2.45) is 29.4 Å². The molecule has 2 aliphatic carbocycles. The number of rotatable bonds is 13. The maximum atomic E-state index is 13.4.